The molecule has 7 N–H and O–H groups in total. The van der Waals surface area contributed by atoms with Crippen LogP contribution in [-0.4, -0.2) is 53.9 Å². The molecule has 19 heavy (non-hydrogen) atoms. The molecule has 110 valence electrons. The van der Waals surface area contributed by atoms with Crippen LogP contribution in [0.1, 0.15) is 13.8 Å². The zero-order valence-electron chi connectivity index (χ0n) is 10.7. The predicted molar refractivity (Wildman–Crippen MR) is 63.7 cm³/mol. The number of hydrogen-bond donors (Lipinski definition) is 4. The number of nitrogens with two attached hydrogens (primary N) is 3. The number of carbonyl (C=O) groups is 3. The number of carboxylic acids is 1. The Labute approximate surface area is 110 Å². The molecule has 0 saturated carbocycles. The second kappa shape index (κ2) is 7.67. The van der Waals surface area contributed by atoms with Gasteiger partial charge >= 0.3 is 17.9 Å². The Hall–Kier alpha value is -1.71. The van der Waals surface area contributed by atoms with E-state index in [0.29, 0.717) is 0 Å². The van der Waals surface area contributed by atoms with Crippen LogP contribution in [0.5, 0.6) is 0 Å². The summed E-state index contributed by atoms with van der Waals surface area (Å²) >= 11 is 0. The van der Waals surface area contributed by atoms with Crippen LogP contribution < -0.4 is 17.2 Å². The molecular formula is C10H19N3O6. The first-order valence-electron chi connectivity index (χ1n) is 5.54. The van der Waals surface area contributed by atoms with Crippen LogP contribution in [0.4, 0.5) is 0 Å². The molecule has 0 rings (SSSR count). The van der Waals surface area contributed by atoms with Crippen molar-refractivity contribution in [2.75, 3.05) is 6.54 Å². The molecule has 0 bridgehead atoms. The van der Waals surface area contributed by atoms with E-state index >= 15 is 0 Å². The van der Waals surface area contributed by atoms with Crippen molar-refractivity contribution in [1.82, 2.24) is 0 Å². The Kier molecular flexibility index (Phi) is 6.98. The van der Waals surface area contributed by atoms with E-state index in [1.807, 2.05) is 0 Å². The van der Waals surface area contributed by atoms with Crippen LogP contribution >= 0.6 is 0 Å². The summed E-state index contributed by atoms with van der Waals surface area (Å²) < 4.78 is 9.51. The minimum atomic E-state index is -1.36. The summed E-state index contributed by atoms with van der Waals surface area (Å²) in [5.74, 6) is -2.94. The molecule has 0 amide bonds. The highest BCUT2D eigenvalue weighted by Gasteiger charge is 2.30. The summed E-state index contributed by atoms with van der Waals surface area (Å²) in [6.07, 6.45) is -2.01. The van der Waals surface area contributed by atoms with Crippen molar-refractivity contribution in [3.8, 4) is 0 Å². The summed E-state index contributed by atoms with van der Waals surface area (Å²) in [7, 11) is 0. The van der Waals surface area contributed by atoms with Gasteiger partial charge in [0.15, 0.2) is 0 Å². The number of carboxylic acid groups (broad SMARTS) is 1. The smallest absolute Gasteiger partial charge is 0.327 e. The molecule has 0 spiro atoms. The minimum absolute atomic E-state index is 0.341. The third-order valence-corrected chi connectivity index (χ3v) is 2.35. The predicted octanol–water partition coefficient (Wildman–Crippen LogP) is -2.45. The van der Waals surface area contributed by atoms with Crippen molar-refractivity contribution in [2.24, 2.45) is 17.2 Å². The zero-order valence-corrected chi connectivity index (χ0v) is 10.7. The quantitative estimate of drug-likeness (QED) is 0.369. The van der Waals surface area contributed by atoms with Crippen LogP contribution in [-0.2, 0) is 23.9 Å². The summed E-state index contributed by atoms with van der Waals surface area (Å²) in [4.78, 5) is 33.1. The fourth-order valence-corrected chi connectivity index (χ4v) is 1.06. The Morgan fingerprint density at radius 2 is 1.53 bits per heavy atom. The second-order valence-corrected chi connectivity index (χ2v) is 3.93. The lowest BCUT2D eigenvalue weighted by atomic mass is 10.1. The molecule has 0 unspecified atom stereocenters. The van der Waals surface area contributed by atoms with Gasteiger partial charge in [-0.15, -0.1) is 0 Å². The first kappa shape index (κ1) is 17.3. The maximum atomic E-state index is 11.6. The van der Waals surface area contributed by atoms with Crippen LogP contribution in [0.3, 0.4) is 0 Å². The summed E-state index contributed by atoms with van der Waals surface area (Å²) in [5, 5.41) is 8.63. The highest BCUT2D eigenvalue weighted by molar-refractivity contribution is 5.79. The van der Waals surface area contributed by atoms with Gasteiger partial charge in [-0.05, 0) is 13.8 Å². The highest BCUT2D eigenvalue weighted by atomic mass is 16.6. The zero-order chi connectivity index (χ0) is 15.2. The van der Waals surface area contributed by atoms with Crippen molar-refractivity contribution in [3.05, 3.63) is 0 Å². The largest absolute Gasteiger partial charge is 0.480 e. The van der Waals surface area contributed by atoms with Crippen LogP contribution in [0, 0.1) is 0 Å². The Morgan fingerprint density at radius 3 is 1.95 bits per heavy atom. The third-order valence-electron chi connectivity index (χ3n) is 2.35. The maximum absolute atomic E-state index is 11.6. The van der Waals surface area contributed by atoms with Gasteiger partial charge in [-0.2, -0.15) is 0 Å². The van der Waals surface area contributed by atoms with Gasteiger partial charge in [0.25, 0.3) is 0 Å². The average Bonchev–Trinajstić information content (AvgIpc) is 2.35. The third kappa shape index (κ3) is 5.64. The lowest BCUT2D eigenvalue weighted by Gasteiger charge is -2.22. The van der Waals surface area contributed by atoms with Gasteiger partial charge in [0.05, 0.1) is 6.54 Å². The van der Waals surface area contributed by atoms with Crippen molar-refractivity contribution >= 4 is 17.9 Å². The van der Waals surface area contributed by atoms with Gasteiger partial charge in [-0.25, -0.2) is 0 Å². The molecule has 9 nitrogen and oxygen atoms in total. The highest BCUT2D eigenvalue weighted by Crippen LogP contribution is 2.04. The monoisotopic (exact) mass is 277 g/mol. The molecule has 0 saturated heterocycles. The Bertz CT molecular complexity index is 348. The van der Waals surface area contributed by atoms with E-state index in [9.17, 15) is 14.4 Å². The van der Waals surface area contributed by atoms with Crippen molar-refractivity contribution in [3.63, 3.8) is 0 Å². The van der Waals surface area contributed by atoms with E-state index in [2.05, 4.69) is 0 Å². The molecule has 9 heteroatoms. The van der Waals surface area contributed by atoms with Crippen molar-refractivity contribution in [2.45, 2.75) is 38.1 Å². The summed E-state index contributed by atoms with van der Waals surface area (Å²) in [6, 6.07) is -2.61. The van der Waals surface area contributed by atoms with E-state index in [4.69, 9.17) is 31.8 Å². The Balaban J connectivity index is 4.41. The maximum Gasteiger partial charge on any atom is 0.327 e. The van der Waals surface area contributed by atoms with Crippen molar-refractivity contribution < 1.29 is 29.0 Å². The van der Waals surface area contributed by atoms with Gasteiger partial charge in [0.2, 0.25) is 0 Å². The van der Waals surface area contributed by atoms with Gasteiger partial charge < -0.3 is 31.8 Å². The minimum Gasteiger partial charge on any atom is -0.480 e. The molecule has 0 aromatic rings. The molecule has 0 aromatic heterocycles. The molecule has 4 atom stereocenters. The molecule has 0 aliphatic heterocycles. The summed E-state index contributed by atoms with van der Waals surface area (Å²) in [5.41, 5.74) is 15.8. The van der Waals surface area contributed by atoms with E-state index in [0.717, 1.165) is 0 Å². The molecule has 0 radical (unpaired) electrons. The average molecular weight is 277 g/mol. The topological polar surface area (TPSA) is 168 Å². The lowest BCUT2D eigenvalue weighted by Crippen LogP contribution is -2.49. The van der Waals surface area contributed by atoms with Crippen LogP contribution in [0.15, 0.2) is 0 Å². The summed E-state index contributed by atoms with van der Waals surface area (Å²) in [6.45, 7) is 2.37. The molecular weight excluding hydrogens is 258 g/mol. The number of hydrogen-bond acceptors (Lipinski definition) is 8. The van der Waals surface area contributed by atoms with Crippen LogP contribution in [0.25, 0.3) is 0 Å². The van der Waals surface area contributed by atoms with Gasteiger partial charge in [0, 0.05) is 0 Å². The molecule has 0 fully saturated rings. The number of aliphatic carboxylic acids is 1. The van der Waals surface area contributed by atoms with E-state index in [-0.39, 0.29) is 6.54 Å². The first-order chi connectivity index (χ1) is 8.70. The van der Waals surface area contributed by atoms with Gasteiger partial charge in [0.1, 0.15) is 24.3 Å². The molecule has 0 aromatic carbocycles. The number of ether oxygens (including phenoxy) is 2. The van der Waals surface area contributed by atoms with E-state index in [1.54, 1.807) is 0 Å². The Morgan fingerprint density at radius 1 is 1.05 bits per heavy atom. The van der Waals surface area contributed by atoms with Crippen LogP contribution in [0.2, 0.25) is 0 Å². The lowest BCUT2D eigenvalue weighted by molar-refractivity contribution is -0.160. The fraction of sp³-hybridized carbons (Fsp3) is 0.700. The first-order valence-corrected chi connectivity index (χ1v) is 5.54. The molecule has 0 aliphatic rings. The van der Waals surface area contributed by atoms with E-state index in [1.165, 1.54) is 13.8 Å². The van der Waals surface area contributed by atoms with Crippen molar-refractivity contribution in [1.29, 1.82) is 0 Å². The standard InChI is InChI=1S/C10H19N3O6/c1-4(7(12)9(15)16)19-10(17)8(13)5(2)18-6(14)3-11/h4-5,7-8H,3,11-13H2,1-2H3,(H,15,16)/t4-,5-,7+,8+/m1/s1. The molecule has 0 aliphatic carbocycles. The normalized spacial score (nSPS) is 16.9. The SMILES string of the molecule is C[C@@H](OC(=O)[C@@H](N)[C@@H](C)OC(=O)CN)[C@H](N)C(=O)O. The fourth-order valence-electron chi connectivity index (χ4n) is 1.06. The second-order valence-electron chi connectivity index (χ2n) is 3.93. The van der Waals surface area contributed by atoms with Gasteiger partial charge in [-0.3, -0.25) is 14.4 Å². The van der Waals surface area contributed by atoms with Gasteiger partial charge in [-0.1, -0.05) is 0 Å². The molecule has 0 heterocycles. The van der Waals surface area contributed by atoms with E-state index < -0.39 is 42.2 Å². The number of rotatable bonds is 7. The number of carbonyl (C=O) groups excluding carboxylic acids is 2. The number of esters is 2.